The maximum Gasteiger partial charge on any atom is 0.325 e. The van der Waals surface area contributed by atoms with Crippen molar-refractivity contribution >= 4 is 5.97 Å². The van der Waals surface area contributed by atoms with Gasteiger partial charge in [-0.25, -0.2) is 0 Å². The first-order valence-electron chi connectivity index (χ1n) is 5.93. The number of ether oxygens (including phenoxy) is 1. The molecule has 0 heterocycles. The summed E-state index contributed by atoms with van der Waals surface area (Å²) in [6.45, 7) is 7.32. The molecular weight excluding hydrogens is 230 g/mol. The van der Waals surface area contributed by atoms with E-state index in [1.165, 1.54) is 7.11 Å². The minimum atomic E-state index is -0.800. The average Bonchev–Trinajstić information content (AvgIpc) is 2.26. The molecule has 0 radical (unpaired) electrons. The van der Waals surface area contributed by atoms with Crippen LogP contribution in [-0.4, -0.2) is 23.7 Å². The van der Waals surface area contributed by atoms with E-state index < -0.39 is 5.54 Å². The fourth-order valence-electron chi connectivity index (χ4n) is 1.95. The Morgan fingerprint density at radius 1 is 1.44 bits per heavy atom. The maximum absolute atomic E-state index is 11.6. The Balaban J connectivity index is 2.88. The number of esters is 1. The highest BCUT2D eigenvalue weighted by Gasteiger charge is 2.30. The smallest absolute Gasteiger partial charge is 0.325 e. The summed E-state index contributed by atoms with van der Waals surface area (Å²) in [6, 6.07) is 5.34. The van der Waals surface area contributed by atoms with Gasteiger partial charge in [-0.3, -0.25) is 10.1 Å². The second-order valence-corrected chi connectivity index (χ2v) is 5.04. The minimum Gasteiger partial charge on any atom is -0.508 e. The van der Waals surface area contributed by atoms with E-state index in [1.54, 1.807) is 19.9 Å². The Bertz CT molecular complexity index is 441. The summed E-state index contributed by atoms with van der Waals surface area (Å²) in [5.74, 6) is -0.100. The number of carbonyl (C=O) groups is 1. The van der Waals surface area contributed by atoms with Crippen LogP contribution in [0.1, 0.15) is 37.9 Å². The molecule has 4 heteroatoms. The SMILES string of the molecule is COC(=O)C(C)(C)NC(C)c1ccc(C)cc1O. The van der Waals surface area contributed by atoms with Crippen LogP contribution in [0.2, 0.25) is 0 Å². The standard InChI is InChI=1S/C14H21NO3/c1-9-6-7-11(12(16)8-9)10(2)15-14(3,4)13(17)18-5/h6-8,10,15-16H,1-5H3. The van der Waals surface area contributed by atoms with Gasteiger partial charge in [0.15, 0.2) is 0 Å². The molecule has 0 spiro atoms. The van der Waals surface area contributed by atoms with Crippen molar-refractivity contribution in [3.8, 4) is 5.75 Å². The lowest BCUT2D eigenvalue weighted by Crippen LogP contribution is -2.48. The lowest BCUT2D eigenvalue weighted by atomic mass is 9.99. The van der Waals surface area contributed by atoms with Crippen molar-refractivity contribution in [3.63, 3.8) is 0 Å². The van der Waals surface area contributed by atoms with Gasteiger partial charge in [0, 0.05) is 11.6 Å². The summed E-state index contributed by atoms with van der Waals surface area (Å²) < 4.78 is 4.74. The van der Waals surface area contributed by atoms with Gasteiger partial charge in [0.1, 0.15) is 11.3 Å². The summed E-state index contributed by atoms with van der Waals surface area (Å²) in [5, 5.41) is 13.0. The van der Waals surface area contributed by atoms with Gasteiger partial charge in [-0.1, -0.05) is 12.1 Å². The zero-order valence-corrected chi connectivity index (χ0v) is 11.6. The van der Waals surface area contributed by atoms with E-state index in [1.807, 2.05) is 26.0 Å². The van der Waals surface area contributed by atoms with E-state index in [4.69, 9.17) is 4.74 Å². The summed E-state index contributed by atoms with van der Waals surface area (Å²) >= 11 is 0. The van der Waals surface area contributed by atoms with Gasteiger partial charge in [0.2, 0.25) is 0 Å². The fourth-order valence-corrected chi connectivity index (χ4v) is 1.95. The van der Waals surface area contributed by atoms with Crippen molar-refractivity contribution in [1.82, 2.24) is 5.32 Å². The van der Waals surface area contributed by atoms with E-state index >= 15 is 0 Å². The van der Waals surface area contributed by atoms with E-state index in [0.717, 1.165) is 11.1 Å². The molecule has 0 aliphatic heterocycles. The van der Waals surface area contributed by atoms with Crippen molar-refractivity contribution in [2.75, 3.05) is 7.11 Å². The van der Waals surface area contributed by atoms with E-state index in [9.17, 15) is 9.90 Å². The van der Waals surface area contributed by atoms with Crippen LogP contribution in [0, 0.1) is 6.92 Å². The third-order valence-corrected chi connectivity index (χ3v) is 2.93. The molecule has 0 fully saturated rings. The molecular formula is C14H21NO3. The molecule has 1 aromatic carbocycles. The number of hydrogen-bond acceptors (Lipinski definition) is 4. The van der Waals surface area contributed by atoms with Gasteiger partial charge in [0.25, 0.3) is 0 Å². The topological polar surface area (TPSA) is 58.6 Å². The van der Waals surface area contributed by atoms with Crippen LogP contribution < -0.4 is 5.32 Å². The first-order valence-corrected chi connectivity index (χ1v) is 5.93. The summed E-state index contributed by atoms with van der Waals surface area (Å²) in [6.07, 6.45) is 0. The van der Waals surface area contributed by atoms with Crippen LogP contribution in [0.15, 0.2) is 18.2 Å². The first kappa shape index (κ1) is 14.5. The monoisotopic (exact) mass is 251 g/mol. The summed E-state index contributed by atoms with van der Waals surface area (Å²) in [7, 11) is 1.36. The van der Waals surface area contributed by atoms with Gasteiger partial charge in [-0.05, 0) is 39.3 Å². The molecule has 0 saturated carbocycles. The molecule has 0 aliphatic carbocycles. The van der Waals surface area contributed by atoms with Crippen LogP contribution in [0.3, 0.4) is 0 Å². The van der Waals surface area contributed by atoms with Gasteiger partial charge >= 0.3 is 5.97 Å². The van der Waals surface area contributed by atoms with Crippen LogP contribution in [0.4, 0.5) is 0 Å². The number of carbonyl (C=O) groups excluding carboxylic acids is 1. The lowest BCUT2D eigenvalue weighted by Gasteiger charge is -2.28. The van der Waals surface area contributed by atoms with Crippen molar-refractivity contribution in [2.24, 2.45) is 0 Å². The predicted molar refractivity (Wildman–Crippen MR) is 70.5 cm³/mol. The van der Waals surface area contributed by atoms with Gasteiger partial charge < -0.3 is 9.84 Å². The highest BCUT2D eigenvalue weighted by atomic mass is 16.5. The maximum atomic E-state index is 11.6. The first-order chi connectivity index (χ1) is 8.27. The van der Waals surface area contributed by atoms with Crippen LogP contribution >= 0.6 is 0 Å². The van der Waals surface area contributed by atoms with E-state index in [-0.39, 0.29) is 17.8 Å². The molecule has 1 rings (SSSR count). The molecule has 1 unspecified atom stereocenters. The van der Waals surface area contributed by atoms with Crippen LogP contribution in [-0.2, 0) is 9.53 Å². The largest absolute Gasteiger partial charge is 0.508 e. The van der Waals surface area contributed by atoms with Crippen LogP contribution in [0.5, 0.6) is 5.75 Å². The number of hydrogen-bond donors (Lipinski definition) is 2. The van der Waals surface area contributed by atoms with Crippen molar-refractivity contribution in [1.29, 1.82) is 0 Å². The Morgan fingerprint density at radius 2 is 2.06 bits per heavy atom. The predicted octanol–water partition coefficient (Wildman–Crippen LogP) is 2.30. The zero-order valence-electron chi connectivity index (χ0n) is 11.6. The molecule has 0 aliphatic rings. The summed E-state index contributed by atoms with van der Waals surface area (Å²) in [4.78, 5) is 11.6. The molecule has 0 aromatic heterocycles. The minimum absolute atomic E-state index is 0.153. The highest BCUT2D eigenvalue weighted by Crippen LogP contribution is 2.26. The molecule has 1 atom stereocenters. The van der Waals surface area contributed by atoms with Crippen molar-refractivity contribution in [2.45, 2.75) is 39.3 Å². The molecule has 0 bridgehead atoms. The average molecular weight is 251 g/mol. The molecule has 100 valence electrons. The normalized spacial score (nSPS) is 13.2. The Morgan fingerprint density at radius 3 is 2.56 bits per heavy atom. The van der Waals surface area contributed by atoms with Crippen molar-refractivity contribution in [3.05, 3.63) is 29.3 Å². The fraction of sp³-hybridized carbons (Fsp3) is 0.500. The zero-order chi connectivity index (χ0) is 13.9. The number of phenolic OH excluding ortho intramolecular Hbond substituents is 1. The summed E-state index contributed by atoms with van der Waals surface area (Å²) in [5.41, 5.74) is 0.958. The Labute approximate surface area is 108 Å². The second kappa shape index (κ2) is 5.40. The molecule has 2 N–H and O–H groups in total. The number of methoxy groups -OCH3 is 1. The van der Waals surface area contributed by atoms with Crippen molar-refractivity contribution < 1.29 is 14.6 Å². The molecule has 18 heavy (non-hydrogen) atoms. The third-order valence-electron chi connectivity index (χ3n) is 2.93. The number of aryl methyl sites for hydroxylation is 1. The quantitative estimate of drug-likeness (QED) is 0.806. The molecule has 4 nitrogen and oxygen atoms in total. The van der Waals surface area contributed by atoms with Crippen LogP contribution in [0.25, 0.3) is 0 Å². The molecule has 0 amide bonds. The number of aromatic hydroxyl groups is 1. The van der Waals surface area contributed by atoms with Gasteiger partial charge in [0.05, 0.1) is 7.11 Å². The number of nitrogens with one attached hydrogen (secondary N) is 1. The number of benzene rings is 1. The van der Waals surface area contributed by atoms with Gasteiger partial charge in [-0.2, -0.15) is 0 Å². The van der Waals surface area contributed by atoms with E-state index in [0.29, 0.717) is 0 Å². The third kappa shape index (κ3) is 3.23. The Hall–Kier alpha value is -1.55. The highest BCUT2D eigenvalue weighted by molar-refractivity contribution is 5.79. The second-order valence-electron chi connectivity index (χ2n) is 5.04. The number of phenols is 1. The van der Waals surface area contributed by atoms with E-state index in [2.05, 4.69) is 5.32 Å². The Kier molecular flexibility index (Phi) is 4.35. The molecule has 0 saturated heterocycles. The molecule has 1 aromatic rings. The number of rotatable bonds is 4. The van der Waals surface area contributed by atoms with Gasteiger partial charge in [-0.15, -0.1) is 0 Å². The lowest BCUT2D eigenvalue weighted by molar-refractivity contribution is -0.147.